The lowest BCUT2D eigenvalue weighted by Crippen LogP contribution is -2.40. The largest absolute Gasteiger partial charge is 0.497 e. The van der Waals surface area contributed by atoms with Crippen LogP contribution in [0, 0.1) is 0 Å². The Labute approximate surface area is 181 Å². The van der Waals surface area contributed by atoms with Gasteiger partial charge >= 0.3 is 0 Å². The number of thioether (sulfide) groups is 1. The number of ether oxygens (including phenoxy) is 2. The third-order valence-electron chi connectivity index (χ3n) is 5.36. The summed E-state index contributed by atoms with van der Waals surface area (Å²) in [4.78, 5) is 24.9. The zero-order chi connectivity index (χ0) is 20.9. The second-order valence-electron chi connectivity index (χ2n) is 7.27. The standard InChI is InChI=1S/C23H25N3O3S/c1-28-18-11-12-19(29-2)16(14-18)15-20-22(27)26(17-8-4-3-5-9-17)23(30-20)25-21-10-6-7-13-24-21/h6-7,10-15,17H,3-5,8-9H2,1-2H3/b20-15-,25-23+. The minimum Gasteiger partial charge on any atom is -0.497 e. The van der Waals surface area contributed by atoms with E-state index in [9.17, 15) is 4.79 Å². The van der Waals surface area contributed by atoms with Crippen molar-refractivity contribution >= 4 is 34.7 Å². The predicted molar refractivity (Wildman–Crippen MR) is 120 cm³/mol. The number of aromatic nitrogens is 1. The highest BCUT2D eigenvalue weighted by molar-refractivity contribution is 8.18. The second kappa shape index (κ2) is 9.34. The smallest absolute Gasteiger partial charge is 0.267 e. The van der Waals surface area contributed by atoms with E-state index in [-0.39, 0.29) is 11.9 Å². The molecule has 1 aliphatic carbocycles. The van der Waals surface area contributed by atoms with Crippen molar-refractivity contribution in [2.75, 3.05) is 14.2 Å². The van der Waals surface area contributed by atoms with Crippen molar-refractivity contribution in [3.8, 4) is 11.5 Å². The van der Waals surface area contributed by atoms with E-state index in [1.807, 2.05) is 47.4 Å². The van der Waals surface area contributed by atoms with Crippen molar-refractivity contribution in [2.24, 2.45) is 4.99 Å². The summed E-state index contributed by atoms with van der Waals surface area (Å²) in [7, 11) is 3.24. The summed E-state index contributed by atoms with van der Waals surface area (Å²) in [6.07, 6.45) is 9.08. The van der Waals surface area contributed by atoms with E-state index in [0.29, 0.717) is 27.4 Å². The Morgan fingerprint density at radius 2 is 1.97 bits per heavy atom. The molecule has 2 heterocycles. The molecule has 0 spiro atoms. The van der Waals surface area contributed by atoms with Crippen LogP contribution in [-0.2, 0) is 4.79 Å². The van der Waals surface area contributed by atoms with Crippen LogP contribution in [-0.4, -0.2) is 41.2 Å². The Bertz CT molecular complexity index is 969. The minimum absolute atomic E-state index is 0.00791. The average molecular weight is 424 g/mol. The molecule has 7 heteroatoms. The first-order valence-electron chi connectivity index (χ1n) is 10.1. The molecule has 1 aliphatic heterocycles. The van der Waals surface area contributed by atoms with Crippen molar-refractivity contribution in [3.05, 3.63) is 53.1 Å². The van der Waals surface area contributed by atoms with Gasteiger partial charge in [-0.3, -0.25) is 9.69 Å². The van der Waals surface area contributed by atoms with Crippen LogP contribution in [0.3, 0.4) is 0 Å². The Morgan fingerprint density at radius 3 is 2.67 bits per heavy atom. The van der Waals surface area contributed by atoms with Gasteiger partial charge in [-0.05, 0) is 61.0 Å². The number of nitrogens with zero attached hydrogens (tertiary/aromatic N) is 3. The number of methoxy groups -OCH3 is 2. The monoisotopic (exact) mass is 423 g/mol. The van der Waals surface area contributed by atoms with Gasteiger partial charge in [0.25, 0.3) is 5.91 Å². The number of amidine groups is 1. The Kier molecular flexibility index (Phi) is 6.38. The molecule has 0 bridgehead atoms. The van der Waals surface area contributed by atoms with Crippen molar-refractivity contribution in [3.63, 3.8) is 0 Å². The Balaban J connectivity index is 1.73. The number of hydrogen-bond acceptors (Lipinski definition) is 6. The summed E-state index contributed by atoms with van der Waals surface area (Å²) < 4.78 is 10.8. The van der Waals surface area contributed by atoms with Gasteiger partial charge in [0.15, 0.2) is 11.0 Å². The van der Waals surface area contributed by atoms with Crippen molar-refractivity contribution in [2.45, 2.75) is 38.1 Å². The molecule has 0 unspecified atom stereocenters. The summed E-state index contributed by atoms with van der Waals surface area (Å²) in [5.41, 5.74) is 0.801. The molecule has 2 fully saturated rings. The highest BCUT2D eigenvalue weighted by Crippen LogP contribution is 2.39. The molecule has 6 nitrogen and oxygen atoms in total. The van der Waals surface area contributed by atoms with E-state index >= 15 is 0 Å². The molecule has 30 heavy (non-hydrogen) atoms. The van der Waals surface area contributed by atoms with Gasteiger partial charge in [-0.2, -0.15) is 0 Å². The van der Waals surface area contributed by atoms with E-state index in [2.05, 4.69) is 4.98 Å². The molecule has 1 aromatic carbocycles. The fourth-order valence-corrected chi connectivity index (χ4v) is 4.87. The predicted octanol–water partition coefficient (Wildman–Crippen LogP) is 5.04. The fourth-order valence-electron chi connectivity index (χ4n) is 3.84. The molecule has 156 valence electrons. The third kappa shape index (κ3) is 4.36. The van der Waals surface area contributed by atoms with Crippen LogP contribution in [0.4, 0.5) is 5.82 Å². The lowest BCUT2D eigenvalue weighted by molar-refractivity contribution is -0.124. The average Bonchev–Trinajstić information content (AvgIpc) is 3.09. The van der Waals surface area contributed by atoms with Gasteiger partial charge in [-0.15, -0.1) is 0 Å². The van der Waals surface area contributed by atoms with Gasteiger partial charge in [0.1, 0.15) is 11.5 Å². The molecular formula is C23H25N3O3S. The quantitative estimate of drug-likeness (QED) is 0.631. The summed E-state index contributed by atoms with van der Waals surface area (Å²) in [5, 5.41) is 0.693. The number of carbonyl (C=O) groups is 1. The van der Waals surface area contributed by atoms with E-state index in [0.717, 1.165) is 31.2 Å². The number of benzene rings is 1. The number of carbonyl (C=O) groups excluding carboxylic acids is 1. The van der Waals surface area contributed by atoms with Crippen LogP contribution in [0.15, 0.2) is 52.5 Å². The number of pyridine rings is 1. The maximum absolute atomic E-state index is 13.4. The first-order valence-corrected chi connectivity index (χ1v) is 11.0. The highest BCUT2D eigenvalue weighted by Gasteiger charge is 2.38. The Morgan fingerprint density at radius 1 is 1.13 bits per heavy atom. The summed E-state index contributed by atoms with van der Waals surface area (Å²) >= 11 is 1.39. The summed E-state index contributed by atoms with van der Waals surface area (Å²) in [6.45, 7) is 0. The summed E-state index contributed by atoms with van der Waals surface area (Å²) in [5.74, 6) is 2.00. The van der Waals surface area contributed by atoms with Crippen LogP contribution >= 0.6 is 11.8 Å². The Hall–Kier alpha value is -2.80. The number of rotatable bonds is 5. The maximum Gasteiger partial charge on any atom is 0.267 e. The highest BCUT2D eigenvalue weighted by atomic mass is 32.2. The van der Waals surface area contributed by atoms with Crippen molar-refractivity contribution in [1.29, 1.82) is 0 Å². The molecule has 0 radical (unpaired) electrons. The number of aliphatic imine (C=N–C) groups is 1. The van der Waals surface area contributed by atoms with Crippen LogP contribution in [0.5, 0.6) is 11.5 Å². The molecule has 1 saturated carbocycles. The van der Waals surface area contributed by atoms with Gasteiger partial charge < -0.3 is 9.47 Å². The van der Waals surface area contributed by atoms with E-state index in [1.165, 1.54) is 18.2 Å². The van der Waals surface area contributed by atoms with E-state index in [4.69, 9.17) is 14.5 Å². The van der Waals surface area contributed by atoms with Gasteiger partial charge in [0, 0.05) is 17.8 Å². The summed E-state index contributed by atoms with van der Waals surface area (Å²) in [6, 6.07) is 11.3. The van der Waals surface area contributed by atoms with Crippen LogP contribution in [0.1, 0.15) is 37.7 Å². The minimum atomic E-state index is -0.00791. The first-order chi connectivity index (χ1) is 14.7. The lowest BCUT2D eigenvalue weighted by Gasteiger charge is -2.30. The first kappa shape index (κ1) is 20.5. The molecule has 0 atom stereocenters. The van der Waals surface area contributed by atoms with Gasteiger partial charge in [0.2, 0.25) is 0 Å². The lowest BCUT2D eigenvalue weighted by atomic mass is 9.94. The SMILES string of the molecule is COc1ccc(OC)c(/C=C2\S/C(=N/c3ccccn3)N(C3CCCCC3)C2=O)c1. The maximum atomic E-state index is 13.4. The van der Waals surface area contributed by atoms with E-state index in [1.54, 1.807) is 20.4 Å². The second-order valence-corrected chi connectivity index (χ2v) is 8.28. The molecule has 1 saturated heterocycles. The van der Waals surface area contributed by atoms with Gasteiger partial charge in [-0.1, -0.05) is 25.3 Å². The van der Waals surface area contributed by atoms with Crippen molar-refractivity contribution < 1.29 is 14.3 Å². The van der Waals surface area contributed by atoms with Gasteiger partial charge in [-0.25, -0.2) is 9.98 Å². The van der Waals surface area contributed by atoms with Crippen LogP contribution < -0.4 is 9.47 Å². The molecule has 4 rings (SSSR count). The third-order valence-corrected chi connectivity index (χ3v) is 6.34. The molecule has 1 amide bonds. The fraction of sp³-hybridized carbons (Fsp3) is 0.348. The topological polar surface area (TPSA) is 64.0 Å². The zero-order valence-corrected chi connectivity index (χ0v) is 18.0. The van der Waals surface area contributed by atoms with Crippen molar-refractivity contribution in [1.82, 2.24) is 9.88 Å². The van der Waals surface area contributed by atoms with Crippen LogP contribution in [0.25, 0.3) is 6.08 Å². The number of hydrogen-bond donors (Lipinski definition) is 0. The molecule has 2 aromatic rings. The zero-order valence-electron chi connectivity index (χ0n) is 17.2. The van der Waals surface area contributed by atoms with Gasteiger partial charge in [0.05, 0.1) is 19.1 Å². The normalized spacial score (nSPS) is 20.2. The molecule has 1 aromatic heterocycles. The number of amides is 1. The molecule has 2 aliphatic rings. The molecular weight excluding hydrogens is 398 g/mol. The molecule has 0 N–H and O–H groups in total. The van der Waals surface area contributed by atoms with E-state index < -0.39 is 0 Å². The van der Waals surface area contributed by atoms with Crippen LogP contribution in [0.2, 0.25) is 0 Å².